The Kier molecular flexibility index (Phi) is 5.08. The van der Waals surface area contributed by atoms with Crippen molar-refractivity contribution in [3.8, 4) is 0 Å². The highest BCUT2D eigenvalue weighted by molar-refractivity contribution is 5.96. The zero-order valence-electron chi connectivity index (χ0n) is 18.7. The highest BCUT2D eigenvalue weighted by Crippen LogP contribution is 2.65. The van der Waals surface area contributed by atoms with E-state index >= 15 is 0 Å². The van der Waals surface area contributed by atoms with Gasteiger partial charge in [0.1, 0.15) is 12.4 Å². The Morgan fingerprint density at radius 1 is 1.17 bits per heavy atom. The number of oxazole rings is 1. The molecule has 0 amide bonds. The smallest absolute Gasteiger partial charge is 0.191 e. The van der Waals surface area contributed by atoms with E-state index in [9.17, 15) is 5.11 Å². The molecular formula is C25H36N2O3. The van der Waals surface area contributed by atoms with E-state index < -0.39 is 0 Å². The van der Waals surface area contributed by atoms with Crippen LogP contribution in [0.5, 0.6) is 0 Å². The fourth-order valence-corrected chi connectivity index (χ4v) is 7.41. The van der Waals surface area contributed by atoms with E-state index in [-0.39, 0.29) is 11.5 Å². The van der Waals surface area contributed by atoms with Crippen LogP contribution in [0.15, 0.2) is 27.4 Å². The lowest BCUT2D eigenvalue weighted by molar-refractivity contribution is -0.0722. The van der Waals surface area contributed by atoms with Crippen molar-refractivity contribution in [1.82, 2.24) is 4.98 Å². The van der Waals surface area contributed by atoms with Crippen LogP contribution >= 0.6 is 0 Å². The number of aryl methyl sites for hydroxylation is 1. The molecule has 1 heterocycles. The van der Waals surface area contributed by atoms with Crippen LogP contribution in [-0.2, 0) is 11.3 Å². The summed E-state index contributed by atoms with van der Waals surface area (Å²) < 4.78 is 5.49. The van der Waals surface area contributed by atoms with Crippen molar-refractivity contribution in [2.45, 2.75) is 84.7 Å². The molecule has 0 bridgehead atoms. The maximum atomic E-state index is 10.6. The average molecular weight is 413 g/mol. The Labute approximate surface area is 180 Å². The van der Waals surface area contributed by atoms with Gasteiger partial charge in [-0.3, -0.25) is 0 Å². The summed E-state index contributed by atoms with van der Waals surface area (Å²) in [6.07, 6.45) is 14.0. The first-order valence-electron chi connectivity index (χ1n) is 11.9. The zero-order chi connectivity index (χ0) is 20.9. The van der Waals surface area contributed by atoms with Crippen molar-refractivity contribution in [3.63, 3.8) is 0 Å². The second-order valence-corrected chi connectivity index (χ2v) is 10.7. The third-order valence-corrected chi connectivity index (χ3v) is 9.22. The van der Waals surface area contributed by atoms with Crippen LogP contribution in [-0.4, -0.2) is 28.5 Å². The maximum Gasteiger partial charge on any atom is 0.191 e. The molecule has 1 N–H and O–H groups in total. The topological polar surface area (TPSA) is 67.9 Å². The van der Waals surface area contributed by atoms with Crippen LogP contribution in [0.1, 0.15) is 76.9 Å². The molecule has 4 aliphatic rings. The number of allylic oxidation sites excluding steroid dienone is 2. The Morgan fingerprint density at radius 2 is 2.03 bits per heavy atom. The summed E-state index contributed by atoms with van der Waals surface area (Å²) in [6, 6.07) is 0. The fraction of sp³-hybridized carbons (Fsp3) is 0.760. The van der Waals surface area contributed by atoms with Crippen LogP contribution in [0, 0.1) is 35.5 Å². The van der Waals surface area contributed by atoms with Gasteiger partial charge in [0.25, 0.3) is 0 Å². The number of hydrogen-bond donors (Lipinski definition) is 1. The SMILES string of the molecule is Cc1ncc(CCON=C2C=C3CCC4C(CCC5(C)C(O)CCC45)C3(C)CC2)o1. The van der Waals surface area contributed by atoms with Crippen molar-refractivity contribution < 1.29 is 14.4 Å². The number of nitrogens with zero attached hydrogens (tertiary/aromatic N) is 2. The van der Waals surface area contributed by atoms with Gasteiger partial charge in [0.2, 0.25) is 0 Å². The van der Waals surface area contributed by atoms with Gasteiger partial charge < -0.3 is 14.4 Å². The number of aliphatic hydroxyl groups excluding tert-OH is 1. The molecule has 4 aliphatic carbocycles. The lowest BCUT2D eigenvalue weighted by Gasteiger charge is -2.57. The first-order chi connectivity index (χ1) is 14.4. The van der Waals surface area contributed by atoms with Gasteiger partial charge in [-0.2, -0.15) is 0 Å². The van der Waals surface area contributed by atoms with Crippen molar-refractivity contribution in [2.24, 2.45) is 33.7 Å². The maximum absolute atomic E-state index is 10.6. The van der Waals surface area contributed by atoms with E-state index in [0.29, 0.717) is 30.3 Å². The Bertz CT molecular complexity index is 858. The summed E-state index contributed by atoms with van der Waals surface area (Å²) in [7, 11) is 0. The number of hydrogen-bond acceptors (Lipinski definition) is 5. The van der Waals surface area contributed by atoms with Gasteiger partial charge in [0, 0.05) is 13.3 Å². The van der Waals surface area contributed by atoms with Gasteiger partial charge in [-0.05, 0) is 86.0 Å². The molecule has 5 rings (SSSR count). The molecule has 6 atom stereocenters. The van der Waals surface area contributed by atoms with E-state index in [2.05, 4.69) is 30.1 Å². The normalized spacial score (nSPS) is 41.7. The van der Waals surface area contributed by atoms with Gasteiger partial charge in [-0.25, -0.2) is 4.98 Å². The predicted octanol–water partition coefficient (Wildman–Crippen LogP) is 5.22. The molecule has 0 spiro atoms. The van der Waals surface area contributed by atoms with Crippen LogP contribution in [0.25, 0.3) is 0 Å². The Balaban J connectivity index is 1.26. The van der Waals surface area contributed by atoms with Gasteiger partial charge >= 0.3 is 0 Å². The number of fused-ring (bicyclic) bond motifs is 5. The molecule has 3 fully saturated rings. The summed E-state index contributed by atoms with van der Waals surface area (Å²) in [5.41, 5.74) is 3.14. The molecule has 5 heteroatoms. The summed E-state index contributed by atoms with van der Waals surface area (Å²) in [5.74, 6) is 3.80. The second-order valence-electron chi connectivity index (χ2n) is 10.7. The van der Waals surface area contributed by atoms with Gasteiger partial charge in [0.05, 0.1) is 18.0 Å². The van der Waals surface area contributed by atoms with E-state index in [1.807, 2.05) is 6.92 Å². The monoisotopic (exact) mass is 412 g/mol. The minimum absolute atomic E-state index is 0.0868. The van der Waals surface area contributed by atoms with E-state index in [0.717, 1.165) is 36.1 Å². The molecule has 0 radical (unpaired) electrons. The van der Waals surface area contributed by atoms with E-state index in [4.69, 9.17) is 9.25 Å². The minimum Gasteiger partial charge on any atom is -0.446 e. The van der Waals surface area contributed by atoms with Crippen molar-refractivity contribution in [2.75, 3.05) is 6.61 Å². The summed E-state index contributed by atoms with van der Waals surface area (Å²) in [6.45, 7) is 7.24. The highest BCUT2D eigenvalue weighted by Gasteiger charge is 2.58. The van der Waals surface area contributed by atoms with Gasteiger partial charge in [0.15, 0.2) is 5.89 Å². The zero-order valence-corrected chi connectivity index (χ0v) is 18.7. The number of oxime groups is 1. The fourth-order valence-electron chi connectivity index (χ4n) is 7.41. The minimum atomic E-state index is -0.0868. The third-order valence-electron chi connectivity index (χ3n) is 9.22. The molecule has 0 aliphatic heterocycles. The molecule has 5 nitrogen and oxygen atoms in total. The number of aliphatic hydroxyl groups is 1. The summed E-state index contributed by atoms with van der Waals surface area (Å²) in [5, 5.41) is 15.1. The first-order valence-corrected chi connectivity index (χ1v) is 11.9. The molecule has 164 valence electrons. The molecule has 3 saturated carbocycles. The molecule has 0 aromatic carbocycles. The van der Waals surface area contributed by atoms with E-state index in [1.165, 1.54) is 38.5 Å². The second kappa shape index (κ2) is 7.51. The largest absolute Gasteiger partial charge is 0.446 e. The molecule has 6 unspecified atom stereocenters. The standard InChI is InChI=1S/C25H36N2O3/c1-16-26-15-19(30-16)10-13-29-27-18-8-11-24(2)17(14-18)4-5-20-21-6-7-23(28)25(21,3)12-9-22(20)24/h14-15,20-23,28H,4-13H2,1-3H3. The van der Waals surface area contributed by atoms with Crippen LogP contribution < -0.4 is 0 Å². The predicted molar refractivity (Wildman–Crippen MR) is 116 cm³/mol. The molecule has 1 aromatic rings. The highest BCUT2D eigenvalue weighted by atomic mass is 16.6. The van der Waals surface area contributed by atoms with Crippen molar-refractivity contribution in [3.05, 3.63) is 29.5 Å². The van der Waals surface area contributed by atoms with Crippen LogP contribution in [0.2, 0.25) is 0 Å². The Hall–Kier alpha value is -1.62. The molecule has 1 aromatic heterocycles. The summed E-state index contributed by atoms with van der Waals surface area (Å²) in [4.78, 5) is 9.73. The number of rotatable bonds is 4. The lowest BCUT2D eigenvalue weighted by Crippen LogP contribution is -2.51. The quantitative estimate of drug-likeness (QED) is 0.544. The van der Waals surface area contributed by atoms with Crippen LogP contribution in [0.3, 0.4) is 0 Å². The number of aromatic nitrogens is 1. The lowest BCUT2D eigenvalue weighted by atomic mass is 9.47. The van der Waals surface area contributed by atoms with E-state index in [1.54, 1.807) is 11.8 Å². The average Bonchev–Trinajstić information content (AvgIpc) is 3.28. The van der Waals surface area contributed by atoms with Gasteiger partial charge in [-0.1, -0.05) is 24.6 Å². The molecule has 30 heavy (non-hydrogen) atoms. The molecular weight excluding hydrogens is 376 g/mol. The van der Waals surface area contributed by atoms with Crippen molar-refractivity contribution in [1.29, 1.82) is 0 Å². The van der Waals surface area contributed by atoms with Crippen LogP contribution in [0.4, 0.5) is 0 Å². The molecule has 0 saturated heterocycles. The summed E-state index contributed by atoms with van der Waals surface area (Å²) >= 11 is 0. The third kappa shape index (κ3) is 3.24. The van der Waals surface area contributed by atoms with Gasteiger partial charge in [-0.15, -0.1) is 0 Å². The van der Waals surface area contributed by atoms with Crippen molar-refractivity contribution >= 4 is 5.71 Å². The first kappa shape index (κ1) is 20.3. The Morgan fingerprint density at radius 3 is 2.83 bits per heavy atom.